The summed E-state index contributed by atoms with van der Waals surface area (Å²) in [5.74, 6) is 0.752. The van der Waals surface area contributed by atoms with Gasteiger partial charge in [-0.2, -0.15) is 0 Å². The lowest BCUT2D eigenvalue weighted by atomic mass is 9.58. The van der Waals surface area contributed by atoms with Crippen LogP contribution in [-0.4, -0.2) is 0 Å². The molecule has 1 aliphatic carbocycles. The van der Waals surface area contributed by atoms with Gasteiger partial charge < -0.3 is 0 Å². The standard InChI is InChI=1S/C15H22/c1-11-10-14(2,3)12-8-6-7-9-13(12)15(11,4)5/h6-9,11H,10H2,1-5H3/t11-/m1/s1. The summed E-state index contributed by atoms with van der Waals surface area (Å²) in [5, 5.41) is 0. The summed E-state index contributed by atoms with van der Waals surface area (Å²) in [5.41, 5.74) is 3.76. The van der Waals surface area contributed by atoms with Gasteiger partial charge in [-0.1, -0.05) is 58.9 Å². The van der Waals surface area contributed by atoms with Crippen LogP contribution in [0.5, 0.6) is 0 Å². The zero-order chi connectivity index (χ0) is 11.3. The van der Waals surface area contributed by atoms with Crippen LogP contribution in [0.3, 0.4) is 0 Å². The van der Waals surface area contributed by atoms with Crippen LogP contribution in [0.4, 0.5) is 0 Å². The van der Waals surface area contributed by atoms with Gasteiger partial charge in [0.1, 0.15) is 0 Å². The molecule has 0 aliphatic heterocycles. The molecule has 0 heteroatoms. The maximum Gasteiger partial charge on any atom is -0.00747 e. The van der Waals surface area contributed by atoms with Crippen molar-refractivity contribution < 1.29 is 0 Å². The second-order valence-electron chi connectivity index (χ2n) is 6.26. The van der Waals surface area contributed by atoms with Crippen molar-refractivity contribution >= 4 is 0 Å². The van der Waals surface area contributed by atoms with E-state index in [2.05, 4.69) is 58.9 Å². The summed E-state index contributed by atoms with van der Waals surface area (Å²) in [6.45, 7) is 11.9. The molecule has 1 atom stereocenters. The van der Waals surface area contributed by atoms with E-state index in [4.69, 9.17) is 0 Å². The molecule has 82 valence electrons. The van der Waals surface area contributed by atoms with Gasteiger partial charge >= 0.3 is 0 Å². The van der Waals surface area contributed by atoms with Crippen LogP contribution in [0.25, 0.3) is 0 Å². The third kappa shape index (κ3) is 1.51. The van der Waals surface area contributed by atoms with Crippen LogP contribution in [0.15, 0.2) is 24.3 Å². The molecule has 1 aliphatic rings. The van der Waals surface area contributed by atoms with Crippen molar-refractivity contribution in [2.45, 2.75) is 51.9 Å². The fourth-order valence-corrected chi connectivity index (χ4v) is 3.03. The van der Waals surface area contributed by atoms with E-state index in [1.54, 1.807) is 11.1 Å². The Morgan fingerprint density at radius 2 is 1.53 bits per heavy atom. The highest BCUT2D eigenvalue weighted by atomic mass is 14.4. The zero-order valence-electron chi connectivity index (χ0n) is 10.6. The molecule has 0 saturated heterocycles. The molecule has 0 N–H and O–H groups in total. The van der Waals surface area contributed by atoms with Crippen LogP contribution in [0, 0.1) is 5.92 Å². The van der Waals surface area contributed by atoms with Gasteiger partial charge in [0.15, 0.2) is 0 Å². The average molecular weight is 202 g/mol. The molecule has 2 rings (SSSR count). The number of hydrogen-bond donors (Lipinski definition) is 0. The van der Waals surface area contributed by atoms with Crippen molar-refractivity contribution in [3.63, 3.8) is 0 Å². The first-order valence-corrected chi connectivity index (χ1v) is 5.96. The van der Waals surface area contributed by atoms with Crippen molar-refractivity contribution in [1.82, 2.24) is 0 Å². The molecule has 0 spiro atoms. The SMILES string of the molecule is C[C@@H]1CC(C)(C)c2ccccc2C1(C)C. The Kier molecular flexibility index (Phi) is 2.22. The second kappa shape index (κ2) is 3.10. The molecule has 0 unspecified atom stereocenters. The Labute approximate surface area is 93.7 Å². The van der Waals surface area contributed by atoms with Gasteiger partial charge in [0, 0.05) is 0 Å². The van der Waals surface area contributed by atoms with E-state index in [-0.39, 0.29) is 0 Å². The third-order valence-corrected chi connectivity index (χ3v) is 4.40. The Morgan fingerprint density at radius 1 is 1.00 bits per heavy atom. The van der Waals surface area contributed by atoms with E-state index in [1.807, 2.05) is 0 Å². The number of rotatable bonds is 0. The minimum absolute atomic E-state index is 0.326. The van der Waals surface area contributed by atoms with Crippen molar-refractivity contribution in [3.8, 4) is 0 Å². The minimum Gasteiger partial charge on any atom is -0.0620 e. The predicted molar refractivity (Wildman–Crippen MR) is 66.3 cm³/mol. The van der Waals surface area contributed by atoms with E-state index >= 15 is 0 Å². The van der Waals surface area contributed by atoms with Crippen molar-refractivity contribution in [2.24, 2.45) is 5.92 Å². The van der Waals surface area contributed by atoms with Crippen LogP contribution < -0.4 is 0 Å². The van der Waals surface area contributed by atoms with Gasteiger partial charge in [0.05, 0.1) is 0 Å². The summed E-state index contributed by atoms with van der Waals surface area (Å²) >= 11 is 0. The molecule has 0 bridgehead atoms. The molecule has 1 aromatic rings. The third-order valence-electron chi connectivity index (χ3n) is 4.40. The summed E-state index contributed by atoms with van der Waals surface area (Å²) in [7, 11) is 0. The van der Waals surface area contributed by atoms with E-state index in [0.717, 1.165) is 5.92 Å². The summed E-state index contributed by atoms with van der Waals surface area (Å²) in [6.07, 6.45) is 1.29. The van der Waals surface area contributed by atoms with Gasteiger partial charge in [-0.05, 0) is 34.3 Å². The van der Waals surface area contributed by atoms with Crippen molar-refractivity contribution in [2.75, 3.05) is 0 Å². The Balaban J connectivity index is 2.64. The number of fused-ring (bicyclic) bond motifs is 1. The largest absolute Gasteiger partial charge is 0.0620 e. The van der Waals surface area contributed by atoms with Crippen LogP contribution in [-0.2, 0) is 10.8 Å². The van der Waals surface area contributed by atoms with Gasteiger partial charge in [-0.15, -0.1) is 0 Å². The van der Waals surface area contributed by atoms with Crippen LogP contribution >= 0.6 is 0 Å². The second-order valence-corrected chi connectivity index (χ2v) is 6.26. The molecular formula is C15H22. The summed E-state index contributed by atoms with van der Waals surface area (Å²) in [4.78, 5) is 0. The highest BCUT2D eigenvalue weighted by Crippen LogP contribution is 2.48. The van der Waals surface area contributed by atoms with Crippen molar-refractivity contribution in [3.05, 3.63) is 35.4 Å². The fraction of sp³-hybridized carbons (Fsp3) is 0.600. The summed E-state index contributed by atoms with van der Waals surface area (Å²) < 4.78 is 0. The lowest BCUT2D eigenvalue weighted by Crippen LogP contribution is -2.40. The lowest BCUT2D eigenvalue weighted by Gasteiger charge is -2.46. The predicted octanol–water partition coefficient (Wildman–Crippen LogP) is 4.28. The smallest absolute Gasteiger partial charge is 0.00747 e. The first-order valence-electron chi connectivity index (χ1n) is 5.96. The number of benzene rings is 1. The first-order chi connectivity index (χ1) is 6.86. The number of hydrogen-bond acceptors (Lipinski definition) is 0. The molecular weight excluding hydrogens is 180 g/mol. The van der Waals surface area contributed by atoms with Crippen LogP contribution in [0.1, 0.15) is 52.2 Å². The van der Waals surface area contributed by atoms with Crippen molar-refractivity contribution in [1.29, 1.82) is 0 Å². The molecule has 1 aromatic carbocycles. The first kappa shape index (κ1) is 10.7. The molecule has 0 saturated carbocycles. The molecule has 0 amide bonds. The molecule has 0 fully saturated rings. The van der Waals surface area contributed by atoms with Gasteiger partial charge in [0.25, 0.3) is 0 Å². The molecule has 15 heavy (non-hydrogen) atoms. The maximum absolute atomic E-state index is 2.39. The van der Waals surface area contributed by atoms with Gasteiger partial charge in [0.2, 0.25) is 0 Å². The molecule has 0 aromatic heterocycles. The highest BCUT2D eigenvalue weighted by molar-refractivity contribution is 5.41. The normalized spacial score (nSPS) is 27.1. The topological polar surface area (TPSA) is 0 Å². The zero-order valence-corrected chi connectivity index (χ0v) is 10.6. The summed E-state index contributed by atoms with van der Waals surface area (Å²) in [6, 6.07) is 8.97. The quantitative estimate of drug-likeness (QED) is 0.589. The van der Waals surface area contributed by atoms with E-state index < -0.39 is 0 Å². The molecule has 0 radical (unpaired) electrons. The maximum atomic E-state index is 2.39. The fourth-order valence-electron chi connectivity index (χ4n) is 3.03. The van der Waals surface area contributed by atoms with E-state index in [9.17, 15) is 0 Å². The van der Waals surface area contributed by atoms with E-state index in [1.165, 1.54) is 6.42 Å². The van der Waals surface area contributed by atoms with Gasteiger partial charge in [-0.25, -0.2) is 0 Å². The van der Waals surface area contributed by atoms with Gasteiger partial charge in [-0.3, -0.25) is 0 Å². The average Bonchev–Trinajstić information content (AvgIpc) is 2.15. The lowest BCUT2D eigenvalue weighted by molar-refractivity contribution is 0.233. The Hall–Kier alpha value is -0.780. The monoisotopic (exact) mass is 202 g/mol. The van der Waals surface area contributed by atoms with E-state index in [0.29, 0.717) is 10.8 Å². The highest BCUT2D eigenvalue weighted by Gasteiger charge is 2.41. The molecule has 0 nitrogen and oxygen atoms in total. The molecule has 0 heterocycles. The minimum atomic E-state index is 0.326. The Bertz CT molecular complexity index is 371. The van der Waals surface area contributed by atoms with Crippen LogP contribution in [0.2, 0.25) is 0 Å². The Morgan fingerprint density at radius 3 is 2.13 bits per heavy atom.